The molecule has 1 heterocycles. The Hall–Kier alpha value is 0.137. The highest BCUT2D eigenvalue weighted by atomic mass is 28.4. The van der Waals surface area contributed by atoms with E-state index in [1.165, 1.54) is 44.9 Å². The fraction of sp³-hybridized carbons (Fsp3) is 1.00. The van der Waals surface area contributed by atoms with Crippen molar-refractivity contribution in [2.24, 2.45) is 0 Å². The van der Waals surface area contributed by atoms with Gasteiger partial charge in [0.1, 0.15) is 0 Å². The molecule has 1 aliphatic heterocycles. The minimum absolute atomic E-state index is 0.720. The van der Waals surface area contributed by atoms with Gasteiger partial charge in [-0.3, -0.25) is 0 Å². The van der Waals surface area contributed by atoms with Gasteiger partial charge in [-0.2, -0.15) is 0 Å². The third-order valence-corrected chi connectivity index (χ3v) is 8.86. The summed E-state index contributed by atoms with van der Waals surface area (Å²) in [6.07, 6.45) is 9.10. The largest absolute Gasteiger partial charge is 0.397 e. The first kappa shape index (κ1) is 14.2. The van der Waals surface area contributed by atoms with Crippen LogP contribution in [0.5, 0.6) is 0 Å². The van der Waals surface area contributed by atoms with Gasteiger partial charge in [0.05, 0.1) is 0 Å². The standard InChI is InChI=1S/C13H28O2Si/c1-5-8-12-10-7-11-13(9-6-2)16(12,14-3)15-4/h12-13H,5-11H2,1-4H3. The van der Waals surface area contributed by atoms with Gasteiger partial charge in [-0.15, -0.1) is 0 Å². The third kappa shape index (κ3) is 2.69. The minimum Gasteiger partial charge on any atom is -0.397 e. The zero-order valence-electron chi connectivity index (χ0n) is 11.4. The number of rotatable bonds is 6. The van der Waals surface area contributed by atoms with Crippen LogP contribution in [0.15, 0.2) is 0 Å². The van der Waals surface area contributed by atoms with Gasteiger partial charge in [-0.1, -0.05) is 33.1 Å². The van der Waals surface area contributed by atoms with Crippen LogP contribution in [0.4, 0.5) is 0 Å². The molecule has 0 N–H and O–H groups in total. The van der Waals surface area contributed by atoms with E-state index in [4.69, 9.17) is 8.85 Å². The van der Waals surface area contributed by atoms with Crippen LogP contribution in [0, 0.1) is 0 Å². The molecule has 0 radical (unpaired) electrons. The Morgan fingerprint density at radius 3 is 1.69 bits per heavy atom. The predicted molar refractivity (Wildman–Crippen MR) is 70.9 cm³/mol. The van der Waals surface area contributed by atoms with Crippen molar-refractivity contribution in [2.45, 2.75) is 69.9 Å². The molecule has 0 aromatic heterocycles. The Bertz CT molecular complexity index is 172. The van der Waals surface area contributed by atoms with Crippen molar-refractivity contribution < 1.29 is 8.85 Å². The minimum atomic E-state index is -1.93. The second-order valence-corrected chi connectivity index (χ2v) is 8.92. The van der Waals surface area contributed by atoms with Crippen molar-refractivity contribution in [3.05, 3.63) is 0 Å². The first-order chi connectivity index (χ1) is 7.75. The maximum atomic E-state index is 5.97. The van der Waals surface area contributed by atoms with Gasteiger partial charge in [-0.05, 0) is 25.7 Å². The Morgan fingerprint density at radius 2 is 1.38 bits per heavy atom. The highest BCUT2D eigenvalue weighted by molar-refractivity contribution is 6.70. The molecule has 0 aliphatic carbocycles. The van der Waals surface area contributed by atoms with E-state index in [0.717, 1.165) is 11.1 Å². The van der Waals surface area contributed by atoms with Gasteiger partial charge in [0.2, 0.25) is 0 Å². The molecule has 2 nitrogen and oxygen atoms in total. The van der Waals surface area contributed by atoms with E-state index >= 15 is 0 Å². The first-order valence-corrected chi connectivity index (χ1v) is 8.82. The molecule has 0 aromatic rings. The third-order valence-electron chi connectivity index (χ3n) is 4.16. The van der Waals surface area contributed by atoms with Crippen molar-refractivity contribution in [2.75, 3.05) is 14.2 Å². The highest BCUT2D eigenvalue weighted by Gasteiger charge is 2.52. The van der Waals surface area contributed by atoms with Crippen molar-refractivity contribution in [3.8, 4) is 0 Å². The zero-order chi connectivity index (χ0) is 12.0. The van der Waals surface area contributed by atoms with Crippen molar-refractivity contribution in [3.63, 3.8) is 0 Å². The van der Waals surface area contributed by atoms with Crippen LogP contribution in [0.2, 0.25) is 11.1 Å². The molecular formula is C13H28O2Si. The predicted octanol–water partition coefficient (Wildman–Crippen LogP) is 4.25. The molecule has 1 fully saturated rings. The van der Waals surface area contributed by atoms with Crippen LogP contribution in [0.1, 0.15) is 58.8 Å². The fourth-order valence-electron chi connectivity index (χ4n) is 3.48. The molecule has 2 unspecified atom stereocenters. The molecular weight excluding hydrogens is 216 g/mol. The first-order valence-electron chi connectivity index (χ1n) is 6.85. The maximum Gasteiger partial charge on any atom is 0.344 e. The lowest BCUT2D eigenvalue weighted by atomic mass is 10.1. The summed E-state index contributed by atoms with van der Waals surface area (Å²) in [6, 6.07) is 0. The Balaban J connectivity index is 2.83. The molecule has 2 atom stereocenters. The van der Waals surface area contributed by atoms with Gasteiger partial charge >= 0.3 is 8.56 Å². The van der Waals surface area contributed by atoms with Crippen LogP contribution in [0.25, 0.3) is 0 Å². The zero-order valence-corrected chi connectivity index (χ0v) is 12.4. The summed E-state index contributed by atoms with van der Waals surface area (Å²) in [5.41, 5.74) is 1.44. The highest BCUT2D eigenvalue weighted by Crippen LogP contribution is 2.49. The fourth-order valence-corrected chi connectivity index (χ4v) is 8.25. The summed E-state index contributed by atoms with van der Waals surface area (Å²) in [5, 5.41) is 0. The number of hydrogen-bond acceptors (Lipinski definition) is 2. The molecule has 1 saturated heterocycles. The molecule has 96 valence electrons. The van der Waals surface area contributed by atoms with Crippen molar-refractivity contribution in [1.29, 1.82) is 0 Å². The van der Waals surface area contributed by atoms with Crippen LogP contribution in [-0.4, -0.2) is 22.8 Å². The SMILES string of the molecule is CCCC1CCCC(CCC)[Si]1(OC)OC. The van der Waals surface area contributed by atoms with Gasteiger partial charge in [0.25, 0.3) is 0 Å². The monoisotopic (exact) mass is 244 g/mol. The van der Waals surface area contributed by atoms with E-state index in [2.05, 4.69) is 13.8 Å². The molecule has 1 aliphatic rings. The molecule has 0 amide bonds. The van der Waals surface area contributed by atoms with E-state index in [0.29, 0.717) is 0 Å². The topological polar surface area (TPSA) is 18.5 Å². The van der Waals surface area contributed by atoms with Crippen LogP contribution in [-0.2, 0) is 8.85 Å². The lowest BCUT2D eigenvalue weighted by Gasteiger charge is -2.44. The summed E-state index contributed by atoms with van der Waals surface area (Å²) in [6.45, 7) is 4.54. The number of hydrogen-bond donors (Lipinski definition) is 0. The average molecular weight is 244 g/mol. The molecule has 3 heteroatoms. The van der Waals surface area contributed by atoms with E-state index in [-0.39, 0.29) is 0 Å². The normalized spacial score (nSPS) is 29.2. The van der Waals surface area contributed by atoms with Gasteiger partial charge in [0, 0.05) is 25.3 Å². The van der Waals surface area contributed by atoms with Crippen LogP contribution >= 0.6 is 0 Å². The lowest BCUT2D eigenvalue weighted by Crippen LogP contribution is -2.51. The maximum absolute atomic E-state index is 5.97. The van der Waals surface area contributed by atoms with E-state index in [1.807, 2.05) is 14.2 Å². The Labute approximate surface area is 102 Å². The van der Waals surface area contributed by atoms with Gasteiger partial charge in [0.15, 0.2) is 0 Å². The van der Waals surface area contributed by atoms with E-state index < -0.39 is 8.56 Å². The van der Waals surface area contributed by atoms with Crippen molar-refractivity contribution in [1.82, 2.24) is 0 Å². The Morgan fingerprint density at radius 1 is 0.938 bits per heavy atom. The van der Waals surface area contributed by atoms with Gasteiger partial charge < -0.3 is 8.85 Å². The molecule has 0 spiro atoms. The van der Waals surface area contributed by atoms with Crippen molar-refractivity contribution >= 4 is 8.56 Å². The molecule has 16 heavy (non-hydrogen) atoms. The van der Waals surface area contributed by atoms with E-state index in [9.17, 15) is 0 Å². The van der Waals surface area contributed by atoms with E-state index in [1.54, 1.807) is 0 Å². The molecule has 0 aromatic carbocycles. The van der Waals surface area contributed by atoms with Crippen LogP contribution in [0.3, 0.4) is 0 Å². The second kappa shape index (κ2) is 6.77. The quantitative estimate of drug-likeness (QED) is 0.650. The van der Waals surface area contributed by atoms with Crippen LogP contribution < -0.4 is 0 Å². The second-order valence-electron chi connectivity index (χ2n) is 5.03. The summed E-state index contributed by atoms with van der Waals surface area (Å²) >= 11 is 0. The molecule has 0 bridgehead atoms. The van der Waals surface area contributed by atoms with Gasteiger partial charge in [-0.25, -0.2) is 0 Å². The molecule has 0 saturated carbocycles. The summed E-state index contributed by atoms with van der Waals surface area (Å²) in [4.78, 5) is 0. The lowest BCUT2D eigenvalue weighted by molar-refractivity contribution is 0.191. The smallest absolute Gasteiger partial charge is 0.344 e. The summed E-state index contributed by atoms with van der Waals surface area (Å²) < 4.78 is 11.9. The summed E-state index contributed by atoms with van der Waals surface area (Å²) in [5.74, 6) is 0. The summed E-state index contributed by atoms with van der Waals surface area (Å²) in [7, 11) is 1.83. The Kier molecular flexibility index (Phi) is 6.01. The molecule has 1 rings (SSSR count). The average Bonchev–Trinajstić information content (AvgIpc) is 2.31.